The molecule has 3 rings (SSSR count). The van der Waals surface area contributed by atoms with E-state index >= 15 is 0 Å². The summed E-state index contributed by atoms with van der Waals surface area (Å²) in [4.78, 5) is 0. The van der Waals surface area contributed by atoms with Gasteiger partial charge in [-0.15, -0.1) is 0 Å². The topological polar surface area (TPSA) is 114 Å². The molecule has 0 saturated carbocycles. The molecule has 1 N–H and O–H groups in total. The minimum absolute atomic E-state index is 0.396. The number of nitrogens with one attached hydrogen (secondary N) is 1. The van der Waals surface area contributed by atoms with Gasteiger partial charge < -0.3 is 9.47 Å². The third-order valence-corrected chi connectivity index (χ3v) is 7.60. The van der Waals surface area contributed by atoms with Crippen LogP contribution >= 0.6 is 0 Å². The molecule has 2 saturated heterocycles. The van der Waals surface area contributed by atoms with Crippen molar-refractivity contribution < 1.29 is 13.9 Å². The highest BCUT2D eigenvalue weighted by molar-refractivity contribution is 5.89. The Morgan fingerprint density at radius 3 is 2.00 bits per heavy atom. The van der Waals surface area contributed by atoms with Crippen LogP contribution in [0.3, 0.4) is 0 Å². The Kier molecular flexibility index (Phi) is 7.96. The van der Waals surface area contributed by atoms with Crippen molar-refractivity contribution in [1.29, 1.82) is 21.2 Å². The maximum absolute atomic E-state index is 13.6. The van der Waals surface area contributed by atoms with Gasteiger partial charge in [-0.25, -0.2) is 4.39 Å². The third-order valence-electron chi connectivity index (χ3n) is 7.60. The first kappa shape index (κ1) is 25.7. The molecule has 4 atom stereocenters. The SMILES string of the molecule is CCCCCCCCCCCC1OC2(c3ccc(F)cc3)OC(=N)C(C#N)(C2C)C1(C#N)C#N. The summed E-state index contributed by atoms with van der Waals surface area (Å²) in [5, 5.41) is 39.2. The van der Waals surface area contributed by atoms with Gasteiger partial charge in [-0.05, 0) is 30.7 Å². The minimum atomic E-state index is -1.88. The zero-order chi connectivity index (χ0) is 24.8. The molecule has 2 fully saturated rings. The largest absolute Gasteiger partial charge is 0.443 e. The van der Waals surface area contributed by atoms with E-state index in [9.17, 15) is 20.2 Å². The van der Waals surface area contributed by atoms with Gasteiger partial charge in [0.2, 0.25) is 11.7 Å². The molecule has 2 heterocycles. The molecular formula is C27H33FN4O2. The van der Waals surface area contributed by atoms with Crippen molar-refractivity contribution in [3.8, 4) is 18.2 Å². The highest BCUT2D eigenvalue weighted by atomic mass is 19.1. The van der Waals surface area contributed by atoms with Crippen molar-refractivity contribution >= 4 is 5.90 Å². The molecule has 1 aromatic rings. The molecule has 2 bridgehead atoms. The summed E-state index contributed by atoms with van der Waals surface area (Å²) in [6.07, 6.45) is 9.55. The van der Waals surface area contributed by atoms with Gasteiger partial charge in [0.15, 0.2) is 10.8 Å². The first-order valence-electron chi connectivity index (χ1n) is 12.3. The monoisotopic (exact) mass is 464 g/mol. The number of ether oxygens (including phenoxy) is 2. The van der Waals surface area contributed by atoms with Crippen molar-refractivity contribution in [3.05, 3.63) is 35.6 Å². The van der Waals surface area contributed by atoms with E-state index in [2.05, 4.69) is 25.1 Å². The maximum Gasteiger partial charge on any atom is 0.243 e. The van der Waals surface area contributed by atoms with Crippen LogP contribution in [0.1, 0.15) is 83.6 Å². The Morgan fingerprint density at radius 2 is 1.47 bits per heavy atom. The van der Waals surface area contributed by atoms with Gasteiger partial charge >= 0.3 is 0 Å². The summed E-state index contributed by atoms with van der Waals surface area (Å²) in [7, 11) is 0. The molecular weight excluding hydrogens is 431 g/mol. The highest BCUT2D eigenvalue weighted by Gasteiger charge is 2.79. The summed E-state index contributed by atoms with van der Waals surface area (Å²) in [6.45, 7) is 3.86. The molecule has 2 aliphatic heterocycles. The van der Waals surface area contributed by atoms with E-state index in [0.29, 0.717) is 12.0 Å². The summed E-state index contributed by atoms with van der Waals surface area (Å²) in [5.74, 6) is -3.22. The number of halogens is 1. The van der Waals surface area contributed by atoms with Gasteiger partial charge in [0, 0.05) is 5.56 Å². The number of fused-ring (bicyclic) bond motifs is 2. The van der Waals surface area contributed by atoms with Crippen molar-refractivity contribution in [2.24, 2.45) is 16.7 Å². The average Bonchev–Trinajstić information content (AvgIpc) is 3.00. The van der Waals surface area contributed by atoms with Crippen molar-refractivity contribution in [3.63, 3.8) is 0 Å². The maximum atomic E-state index is 13.6. The smallest absolute Gasteiger partial charge is 0.243 e. The van der Waals surface area contributed by atoms with E-state index in [0.717, 1.165) is 25.7 Å². The van der Waals surface area contributed by atoms with Crippen LogP contribution in [-0.4, -0.2) is 12.0 Å². The molecule has 180 valence electrons. The lowest BCUT2D eigenvalue weighted by Gasteiger charge is -2.48. The lowest BCUT2D eigenvalue weighted by atomic mass is 9.53. The van der Waals surface area contributed by atoms with Gasteiger partial charge in [-0.2, -0.15) is 15.8 Å². The first-order chi connectivity index (χ1) is 16.4. The zero-order valence-electron chi connectivity index (χ0n) is 20.1. The van der Waals surface area contributed by atoms with Gasteiger partial charge in [0.1, 0.15) is 5.82 Å². The summed E-state index contributed by atoms with van der Waals surface area (Å²) in [5.41, 5.74) is -3.20. The van der Waals surface area contributed by atoms with Crippen molar-refractivity contribution in [1.82, 2.24) is 0 Å². The van der Waals surface area contributed by atoms with E-state index in [-0.39, 0.29) is 0 Å². The second-order valence-electron chi connectivity index (χ2n) is 9.50. The predicted octanol–water partition coefficient (Wildman–Crippen LogP) is 6.49. The number of nitriles is 3. The van der Waals surface area contributed by atoms with E-state index in [1.54, 1.807) is 6.92 Å². The number of benzene rings is 1. The van der Waals surface area contributed by atoms with Crippen LogP contribution in [0.4, 0.5) is 4.39 Å². The van der Waals surface area contributed by atoms with Crippen LogP contribution in [-0.2, 0) is 15.3 Å². The Morgan fingerprint density at radius 1 is 0.912 bits per heavy atom. The Balaban J connectivity index is 1.82. The van der Waals surface area contributed by atoms with Gasteiger partial charge in [-0.3, -0.25) is 5.41 Å². The average molecular weight is 465 g/mol. The second kappa shape index (κ2) is 10.5. The van der Waals surface area contributed by atoms with Gasteiger partial charge in [0.05, 0.1) is 30.2 Å². The molecule has 7 heteroatoms. The standard InChI is InChI=1S/C27H33FN4O2/c1-3-4-5-6-7-8-9-10-11-12-23-25(17-29,18-30)26(19-31)20(2)27(33-23,34-24(26)32)21-13-15-22(28)16-14-21/h13-16,20,23,32H,3-12H2,1-2H3. The van der Waals surface area contributed by atoms with E-state index < -0.39 is 40.4 Å². The van der Waals surface area contributed by atoms with Crippen LogP contribution in [0.15, 0.2) is 24.3 Å². The molecule has 2 aliphatic rings. The number of rotatable bonds is 11. The molecule has 0 aromatic heterocycles. The third kappa shape index (κ3) is 3.95. The quantitative estimate of drug-likeness (QED) is 0.376. The highest BCUT2D eigenvalue weighted by Crippen LogP contribution is 2.66. The fraction of sp³-hybridized carbons (Fsp3) is 0.630. The van der Waals surface area contributed by atoms with Crippen molar-refractivity contribution in [2.75, 3.05) is 0 Å². The predicted molar refractivity (Wildman–Crippen MR) is 124 cm³/mol. The summed E-state index contributed by atoms with van der Waals surface area (Å²) < 4.78 is 25.9. The fourth-order valence-electron chi connectivity index (χ4n) is 5.56. The van der Waals surface area contributed by atoms with Crippen molar-refractivity contribution in [2.45, 2.75) is 89.9 Å². The van der Waals surface area contributed by atoms with Crippen LogP contribution in [0.5, 0.6) is 0 Å². The molecule has 1 aromatic carbocycles. The summed E-state index contributed by atoms with van der Waals surface area (Å²) >= 11 is 0. The number of nitrogens with zero attached hydrogens (tertiary/aromatic N) is 3. The second-order valence-corrected chi connectivity index (χ2v) is 9.50. The Labute approximate surface area is 201 Å². The molecule has 0 aliphatic carbocycles. The molecule has 34 heavy (non-hydrogen) atoms. The molecule has 0 spiro atoms. The Hall–Kier alpha value is -2.95. The van der Waals surface area contributed by atoms with Crippen LogP contribution in [0, 0.1) is 62.0 Å². The van der Waals surface area contributed by atoms with Crippen LogP contribution in [0.2, 0.25) is 0 Å². The van der Waals surface area contributed by atoms with E-state index in [1.807, 2.05) is 0 Å². The van der Waals surface area contributed by atoms with Crippen LogP contribution < -0.4 is 0 Å². The van der Waals surface area contributed by atoms with Gasteiger partial charge in [0.25, 0.3) is 0 Å². The minimum Gasteiger partial charge on any atom is -0.443 e. The lowest BCUT2D eigenvalue weighted by molar-refractivity contribution is -0.286. The van der Waals surface area contributed by atoms with Crippen LogP contribution in [0.25, 0.3) is 0 Å². The number of unbranched alkanes of at least 4 members (excludes halogenated alkanes) is 8. The first-order valence-corrected chi connectivity index (χ1v) is 12.3. The number of hydrogen-bond donors (Lipinski definition) is 1. The lowest BCUT2D eigenvalue weighted by Crippen LogP contribution is -2.60. The summed E-state index contributed by atoms with van der Waals surface area (Å²) in [6, 6.07) is 11.8. The Bertz CT molecular complexity index is 991. The molecule has 6 nitrogen and oxygen atoms in total. The molecule has 0 radical (unpaired) electrons. The zero-order valence-corrected chi connectivity index (χ0v) is 20.1. The fourth-order valence-corrected chi connectivity index (χ4v) is 5.56. The molecule has 4 unspecified atom stereocenters. The normalized spacial score (nSPS) is 29.0. The molecule has 0 amide bonds. The van der Waals surface area contributed by atoms with E-state index in [1.165, 1.54) is 56.4 Å². The van der Waals surface area contributed by atoms with E-state index in [4.69, 9.17) is 14.9 Å². The number of hydrogen-bond acceptors (Lipinski definition) is 6. The van der Waals surface area contributed by atoms with Gasteiger partial charge in [-0.1, -0.05) is 71.6 Å².